The van der Waals surface area contributed by atoms with Gasteiger partial charge in [-0.1, -0.05) is 83.9 Å². The summed E-state index contributed by atoms with van der Waals surface area (Å²) >= 11 is 6.22. The van der Waals surface area contributed by atoms with Crippen molar-refractivity contribution in [2.75, 3.05) is 11.9 Å². The van der Waals surface area contributed by atoms with Crippen molar-refractivity contribution < 1.29 is 14.6 Å². The van der Waals surface area contributed by atoms with Gasteiger partial charge in [-0.25, -0.2) is 4.79 Å². The van der Waals surface area contributed by atoms with Crippen molar-refractivity contribution >= 4 is 23.3 Å². The SMILES string of the molecule is O=C(O)C1(Nc2cccc(Cl)c2)CCC2(CC1)/C(=C/[C@@H](COc1cccnc1)c1ccccc1)Cc1ccccc12. The first-order valence-electron chi connectivity index (χ1n) is 14.1. The van der Waals surface area contributed by atoms with E-state index in [-0.39, 0.29) is 11.3 Å². The Bertz CT molecular complexity index is 1550. The standard InChI is InChI=1S/C35H33ClN2O3/c36-29-11-6-12-30(22-29)38-35(33(39)40)17-15-34(16-18-35)28(20-26-10-4-5-14-32(26)34)21-27(25-8-2-1-3-9-25)24-41-31-13-7-19-37-23-31/h1-14,19,21-23,27,38H,15-18,20,24H2,(H,39,40)/b28-21+/t27-,34?,35?/m0/s1. The summed E-state index contributed by atoms with van der Waals surface area (Å²) in [6.07, 6.45) is 9.21. The van der Waals surface area contributed by atoms with Gasteiger partial charge in [-0.3, -0.25) is 4.98 Å². The van der Waals surface area contributed by atoms with Gasteiger partial charge in [0.05, 0.1) is 12.8 Å². The molecular formula is C35H33ClN2O3. The number of carboxylic acid groups (broad SMARTS) is 1. The number of carbonyl (C=O) groups is 1. The molecular weight excluding hydrogens is 532 g/mol. The smallest absolute Gasteiger partial charge is 0.329 e. The molecule has 0 amide bonds. The summed E-state index contributed by atoms with van der Waals surface area (Å²) < 4.78 is 6.22. The van der Waals surface area contributed by atoms with Crippen LogP contribution in [0.25, 0.3) is 0 Å². The molecule has 2 N–H and O–H groups in total. The number of fused-ring (bicyclic) bond motifs is 2. The molecule has 3 aromatic carbocycles. The highest BCUT2D eigenvalue weighted by atomic mass is 35.5. The second-order valence-electron chi connectivity index (χ2n) is 11.1. The Balaban J connectivity index is 1.34. The molecule has 0 saturated heterocycles. The average molecular weight is 565 g/mol. The number of aromatic nitrogens is 1. The van der Waals surface area contributed by atoms with Crippen molar-refractivity contribution in [3.8, 4) is 5.75 Å². The maximum Gasteiger partial charge on any atom is 0.329 e. The normalized spacial score (nSPS) is 23.2. The minimum absolute atomic E-state index is 0.0355. The van der Waals surface area contributed by atoms with E-state index in [4.69, 9.17) is 16.3 Å². The molecule has 208 valence electrons. The van der Waals surface area contributed by atoms with Crippen LogP contribution >= 0.6 is 11.6 Å². The summed E-state index contributed by atoms with van der Waals surface area (Å²) in [6, 6.07) is 30.2. The van der Waals surface area contributed by atoms with Crippen LogP contribution in [-0.4, -0.2) is 28.2 Å². The number of halogens is 1. The van der Waals surface area contributed by atoms with Crippen molar-refractivity contribution in [1.29, 1.82) is 0 Å². The lowest BCUT2D eigenvalue weighted by atomic mass is 9.62. The van der Waals surface area contributed by atoms with E-state index in [1.165, 1.54) is 22.3 Å². The lowest BCUT2D eigenvalue weighted by molar-refractivity contribution is -0.143. The average Bonchev–Trinajstić information content (AvgIpc) is 3.30. The molecule has 4 aromatic rings. The summed E-state index contributed by atoms with van der Waals surface area (Å²) in [4.78, 5) is 16.9. The van der Waals surface area contributed by atoms with E-state index in [1.54, 1.807) is 24.5 Å². The van der Waals surface area contributed by atoms with E-state index >= 15 is 0 Å². The Morgan fingerprint density at radius 2 is 1.76 bits per heavy atom. The Morgan fingerprint density at radius 3 is 2.49 bits per heavy atom. The second-order valence-corrected chi connectivity index (χ2v) is 11.6. The Hall–Kier alpha value is -4.09. The number of pyridine rings is 1. The first-order chi connectivity index (χ1) is 20.0. The number of benzene rings is 3. The number of ether oxygens (including phenoxy) is 1. The van der Waals surface area contributed by atoms with Gasteiger partial charge in [0.15, 0.2) is 0 Å². The maximum atomic E-state index is 12.7. The molecule has 5 nitrogen and oxygen atoms in total. The molecule has 1 spiro atoms. The molecule has 0 radical (unpaired) electrons. The van der Waals surface area contributed by atoms with Crippen LogP contribution in [0, 0.1) is 0 Å². The third-order valence-electron chi connectivity index (χ3n) is 8.80. The number of allylic oxidation sites excluding steroid dienone is 1. The topological polar surface area (TPSA) is 71.5 Å². The molecule has 6 heteroatoms. The predicted octanol–water partition coefficient (Wildman–Crippen LogP) is 7.83. The van der Waals surface area contributed by atoms with Crippen LogP contribution in [-0.2, 0) is 16.6 Å². The molecule has 1 fully saturated rings. The zero-order valence-electron chi connectivity index (χ0n) is 22.8. The van der Waals surface area contributed by atoms with Crippen LogP contribution in [0.3, 0.4) is 0 Å². The van der Waals surface area contributed by atoms with Gasteiger partial charge in [0.25, 0.3) is 0 Å². The molecule has 0 aliphatic heterocycles. The summed E-state index contributed by atoms with van der Waals surface area (Å²) in [5, 5.41) is 14.4. The number of carboxylic acids is 1. The van der Waals surface area contributed by atoms with Crippen LogP contribution < -0.4 is 10.1 Å². The highest BCUT2D eigenvalue weighted by molar-refractivity contribution is 6.30. The van der Waals surface area contributed by atoms with Gasteiger partial charge in [0.2, 0.25) is 0 Å². The summed E-state index contributed by atoms with van der Waals surface area (Å²) in [5.41, 5.74) is 4.65. The number of rotatable bonds is 8. The fourth-order valence-electron chi connectivity index (χ4n) is 6.64. The van der Waals surface area contributed by atoms with E-state index < -0.39 is 11.5 Å². The molecule has 2 aliphatic rings. The fraction of sp³-hybridized carbons (Fsp3) is 0.257. The minimum Gasteiger partial charge on any atom is -0.491 e. The molecule has 41 heavy (non-hydrogen) atoms. The number of nitrogens with zero attached hydrogens (tertiary/aromatic N) is 1. The van der Waals surface area contributed by atoms with E-state index in [0.717, 1.165) is 30.7 Å². The van der Waals surface area contributed by atoms with Gasteiger partial charge in [0.1, 0.15) is 11.3 Å². The largest absolute Gasteiger partial charge is 0.491 e. The second kappa shape index (κ2) is 11.4. The molecule has 0 bridgehead atoms. The number of hydrogen-bond acceptors (Lipinski definition) is 4. The maximum absolute atomic E-state index is 12.7. The fourth-order valence-corrected chi connectivity index (χ4v) is 6.83. The molecule has 2 aliphatic carbocycles. The summed E-state index contributed by atoms with van der Waals surface area (Å²) in [7, 11) is 0. The van der Waals surface area contributed by atoms with E-state index in [2.05, 4.69) is 64.9 Å². The lowest BCUT2D eigenvalue weighted by Gasteiger charge is -2.45. The van der Waals surface area contributed by atoms with Crippen LogP contribution in [0.4, 0.5) is 5.69 Å². The van der Waals surface area contributed by atoms with Gasteiger partial charge in [-0.15, -0.1) is 0 Å². The molecule has 1 saturated carbocycles. The Morgan fingerprint density at radius 1 is 0.976 bits per heavy atom. The minimum atomic E-state index is -1.05. The molecule has 1 aromatic heterocycles. The monoisotopic (exact) mass is 564 g/mol. The summed E-state index contributed by atoms with van der Waals surface area (Å²) in [5.74, 6) is -0.0447. The highest BCUT2D eigenvalue weighted by Gasteiger charge is 2.52. The van der Waals surface area contributed by atoms with Crippen molar-refractivity contribution in [3.05, 3.63) is 137 Å². The third kappa shape index (κ3) is 5.47. The van der Waals surface area contributed by atoms with Crippen molar-refractivity contribution in [2.45, 2.75) is 49.0 Å². The number of aliphatic carboxylic acids is 1. The predicted molar refractivity (Wildman–Crippen MR) is 163 cm³/mol. The van der Waals surface area contributed by atoms with Gasteiger partial charge in [0, 0.05) is 28.2 Å². The quantitative estimate of drug-likeness (QED) is 0.213. The number of anilines is 1. The number of hydrogen-bond donors (Lipinski definition) is 2. The van der Waals surface area contributed by atoms with E-state index in [0.29, 0.717) is 24.5 Å². The summed E-state index contributed by atoms with van der Waals surface area (Å²) in [6.45, 7) is 0.487. The molecule has 6 rings (SSSR count). The molecule has 1 atom stereocenters. The van der Waals surface area contributed by atoms with Gasteiger partial charge in [-0.05, 0) is 79.1 Å². The lowest BCUT2D eigenvalue weighted by Crippen LogP contribution is -2.52. The van der Waals surface area contributed by atoms with Crippen molar-refractivity contribution in [2.24, 2.45) is 0 Å². The third-order valence-corrected chi connectivity index (χ3v) is 9.03. The Labute approximate surface area is 245 Å². The van der Waals surface area contributed by atoms with Crippen molar-refractivity contribution in [3.63, 3.8) is 0 Å². The van der Waals surface area contributed by atoms with Gasteiger partial charge < -0.3 is 15.2 Å². The molecule has 0 unspecified atom stereocenters. The first-order valence-corrected chi connectivity index (χ1v) is 14.5. The highest BCUT2D eigenvalue weighted by Crippen LogP contribution is 2.55. The van der Waals surface area contributed by atoms with Crippen LogP contribution in [0.15, 0.2) is 115 Å². The van der Waals surface area contributed by atoms with Gasteiger partial charge in [-0.2, -0.15) is 0 Å². The van der Waals surface area contributed by atoms with E-state index in [1.807, 2.05) is 30.3 Å². The van der Waals surface area contributed by atoms with Crippen LogP contribution in [0.2, 0.25) is 5.02 Å². The Kier molecular flexibility index (Phi) is 7.55. The van der Waals surface area contributed by atoms with Crippen molar-refractivity contribution in [1.82, 2.24) is 4.98 Å². The van der Waals surface area contributed by atoms with E-state index in [9.17, 15) is 9.90 Å². The zero-order valence-corrected chi connectivity index (χ0v) is 23.6. The number of nitrogens with one attached hydrogen (secondary N) is 1. The first kappa shape index (κ1) is 27.1. The van der Waals surface area contributed by atoms with Crippen LogP contribution in [0.5, 0.6) is 5.75 Å². The van der Waals surface area contributed by atoms with Gasteiger partial charge >= 0.3 is 5.97 Å². The zero-order chi connectivity index (χ0) is 28.3. The molecule has 1 heterocycles. The van der Waals surface area contributed by atoms with Crippen LogP contribution in [0.1, 0.15) is 48.3 Å².